The second-order valence-corrected chi connectivity index (χ2v) is 7.01. The standard InChI is InChI=1S/C15H19N3OS2/c1-17(2)13-6-4-12(5-7-13)10-18(3)14(19)11-21-15-16-8-9-20-15/h4-9H,10-11H2,1-3H3. The van der Waals surface area contributed by atoms with E-state index in [-0.39, 0.29) is 5.91 Å². The molecule has 0 aliphatic rings. The van der Waals surface area contributed by atoms with Crippen LogP contribution in [0.5, 0.6) is 0 Å². The summed E-state index contributed by atoms with van der Waals surface area (Å²) < 4.78 is 0.937. The number of thioether (sulfide) groups is 1. The molecule has 0 aliphatic carbocycles. The SMILES string of the molecule is CN(Cc1ccc(N(C)C)cc1)C(=O)CSc1nccs1. The van der Waals surface area contributed by atoms with Gasteiger partial charge in [0.05, 0.1) is 5.75 Å². The van der Waals surface area contributed by atoms with Crippen LogP contribution < -0.4 is 4.90 Å². The number of hydrogen-bond donors (Lipinski definition) is 0. The molecule has 21 heavy (non-hydrogen) atoms. The van der Waals surface area contributed by atoms with Crippen molar-refractivity contribution in [3.05, 3.63) is 41.4 Å². The van der Waals surface area contributed by atoms with E-state index in [1.54, 1.807) is 22.4 Å². The molecule has 112 valence electrons. The van der Waals surface area contributed by atoms with E-state index in [2.05, 4.69) is 34.1 Å². The summed E-state index contributed by atoms with van der Waals surface area (Å²) in [5.74, 6) is 0.548. The monoisotopic (exact) mass is 321 g/mol. The Morgan fingerprint density at radius 2 is 1.95 bits per heavy atom. The highest BCUT2D eigenvalue weighted by Gasteiger charge is 2.10. The minimum absolute atomic E-state index is 0.117. The fourth-order valence-electron chi connectivity index (χ4n) is 1.78. The summed E-state index contributed by atoms with van der Waals surface area (Å²) in [5.41, 5.74) is 2.29. The summed E-state index contributed by atoms with van der Waals surface area (Å²) in [5, 5.41) is 1.92. The third kappa shape index (κ3) is 4.75. The van der Waals surface area contributed by atoms with Crippen molar-refractivity contribution in [1.82, 2.24) is 9.88 Å². The smallest absolute Gasteiger partial charge is 0.233 e. The van der Waals surface area contributed by atoms with Gasteiger partial charge in [0.15, 0.2) is 0 Å². The summed E-state index contributed by atoms with van der Waals surface area (Å²) in [6, 6.07) is 8.26. The van der Waals surface area contributed by atoms with E-state index in [0.717, 1.165) is 15.6 Å². The molecule has 2 rings (SSSR count). The van der Waals surface area contributed by atoms with E-state index in [1.807, 2.05) is 26.5 Å². The number of carbonyl (C=O) groups excluding carboxylic acids is 1. The van der Waals surface area contributed by atoms with Gasteiger partial charge in [-0.05, 0) is 17.7 Å². The van der Waals surface area contributed by atoms with Gasteiger partial charge in [0.2, 0.25) is 5.91 Å². The van der Waals surface area contributed by atoms with Crippen molar-refractivity contribution in [3.8, 4) is 0 Å². The highest BCUT2D eigenvalue weighted by molar-refractivity contribution is 8.01. The third-order valence-corrected chi connectivity index (χ3v) is 4.98. The Labute approximate surface area is 133 Å². The quantitative estimate of drug-likeness (QED) is 0.767. The number of hydrogen-bond acceptors (Lipinski definition) is 5. The minimum atomic E-state index is 0.117. The highest BCUT2D eigenvalue weighted by atomic mass is 32.2. The second-order valence-electron chi connectivity index (χ2n) is 4.90. The van der Waals surface area contributed by atoms with Gasteiger partial charge in [-0.1, -0.05) is 23.9 Å². The molecular formula is C15H19N3OS2. The van der Waals surface area contributed by atoms with E-state index in [0.29, 0.717) is 12.3 Å². The molecule has 1 amide bonds. The molecule has 1 heterocycles. The average molecular weight is 321 g/mol. The number of thiazole rings is 1. The van der Waals surface area contributed by atoms with Crippen LogP contribution >= 0.6 is 23.1 Å². The van der Waals surface area contributed by atoms with Gasteiger partial charge in [-0.3, -0.25) is 4.79 Å². The van der Waals surface area contributed by atoms with Crippen LogP contribution in [0.2, 0.25) is 0 Å². The van der Waals surface area contributed by atoms with Gasteiger partial charge in [-0.15, -0.1) is 11.3 Å². The zero-order chi connectivity index (χ0) is 15.2. The molecule has 2 aromatic rings. The first-order chi connectivity index (χ1) is 10.1. The average Bonchev–Trinajstić information content (AvgIpc) is 2.98. The van der Waals surface area contributed by atoms with E-state index in [4.69, 9.17) is 0 Å². The molecule has 0 unspecified atom stereocenters. The molecule has 1 aromatic carbocycles. The van der Waals surface area contributed by atoms with Gasteiger partial charge in [-0.2, -0.15) is 0 Å². The zero-order valence-electron chi connectivity index (χ0n) is 12.4. The van der Waals surface area contributed by atoms with Crippen LogP contribution in [-0.2, 0) is 11.3 Å². The summed E-state index contributed by atoms with van der Waals surface area (Å²) in [7, 11) is 5.87. The molecule has 0 aliphatic heterocycles. The van der Waals surface area contributed by atoms with Crippen molar-refractivity contribution in [2.75, 3.05) is 31.8 Å². The molecule has 0 fully saturated rings. The first-order valence-electron chi connectivity index (χ1n) is 6.59. The predicted octanol–water partition coefficient (Wildman–Crippen LogP) is 2.96. The lowest BCUT2D eigenvalue weighted by Crippen LogP contribution is -2.27. The van der Waals surface area contributed by atoms with Crippen LogP contribution in [0.3, 0.4) is 0 Å². The number of nitrogens with zero attached hydrogens (tertiary/aromatic N) is 3. The molecule has 0 bridgehead atoms. The Bertz CT molecular complexity index is 567. The fraction of sp³-hybridized carbons (Fsp3) is 0.333. The summed E-state index contributed by atoms with van der Waals surface area (Å²) in [6.07, 6.45) is 1.76. The molecule has 0 radical (unpaired) electrons. The van der Waals surface area contributed by atoms with E-state index >= 15 is 0 Å². The van der Waals surface area contributed by atoms with E-state index in [9.17, 15) is 4.79 Å². The first-order valence-corrected chi connectivity index (χ1v) is 8.45. The molecule has 0 spiro atoms. The van der Waals surface area contributed by atoms with Crippen LogP contribution in [0.4, 0.5) is 5.69 Å². The van der Waals surface area contributed by atoms with Gasteiger partial charge in [0.25, 0.3) is 0 Å². The number of benzene rings is 1. The minimum Gasteiger partial charge on any atom is -0.378 e. The molecule has 0 N–H and O–H groups in total. The molecule has 0 saturated heterocycles. The van der Waals surface area contributed by atoms with Crippen molar-refractivity contribution in [2.24, 2.45) is 0 Å². The number of rotatable bonds is 6. The largest absolute Gasteiger partial charge is 0.378 e. The van der Waals surface area contributed by atoms with Crippen molar-refractivity contribution >= 4 is 34.7 Å². The Morgan fingerprint density at radius 1 is 1.24 bits per heavy atom. The predicted molar refractivity (Wildman–Crippen MR) is 90.1 cm³/mol. The van der Waals surface area contributed by atoms with Crippen LogP contribution in [0, 0.1) is 0 Å². The number of aromatic nitrogens is 1. The van der Waals surface area contributed by atoms with Crippen molar-refractivity contribution in [1.29, 1.82) is 0 Å². The maximum Gasteiger partial charge on any atom is 0.233 e. The second kappa shape index (κ2) is 7.47. The molecular weight excluding hydrogens is 302 g/mol. The van der Waals surface area contributed by atoms with Crippen LogP contribution in [0.25, 0.3) is 0 Å². The lowest BCUT2D eigenvalue weighted by molar-refractivity contribution is -0.127. The van der Waals surface area contributed by atoms with Gasteiger partial charge in [0, 0.05) is 45.0 Å². The number of carbonyl (C=O) groups is 1. The first kappa shape index (κ1) is 15.9. The lowest BCUT2D eigenvalue weighted by atomic mass is 10.2. The van der Waals surface area contributed by atoms with E-state index in [1.165, 1.54) is 11.8 Å². The topological polar surface area (TPSA) is 36.4 Å². The van der Waals surface area contributed by atoms with E-state index < -0.39 is 0 Å². The number of anilines is 1. The summed E-state index contributed by atoms with van der Waals surface area (Å²) >= 11 is 3.05. The van der Waals surface area contributed by atoms with Crippen LogP contribution in [0.15, 0.2) is 40.2 Å². The lowest BCUT2D eigenvalue weighted by Gasteiger charge is -2.18. The third-order valence-electron chi connectivity index (χ3n) is 3.03. The molecule has 0 atom stereocenters. The Morgan fingerprint density at radius 3 is 2.52 bits per heavy atom. The van der Waals surface area contributed by atoms with Crippen molar-refractivity contribution < 1.29 is 4.79 Å². The Hall–Kier alpha value is -1.53. The molecule has 0 saturated carbocycles. The van der Waals surface area contributed by atoms with Gasteiger partial charge >= 0.3 is 0 Å². The van der Waals surface area contributed by atoms with Gasteiger partial charge in [0.1, 0.15) is 4.34 Å². The Kier molecular flexibility index (Phi) is 5.64. The van der Waals surface area contributed by atoms with Crippen LogP contribution in [0.1, 0.15) is 5.56 Å². The maximum atomic E-state index is 12.1. The van der Waals surface area contributed by atoms with Crippen molar-refractivity contribution in [3.63, 3.8) is 0 Å². The fourth-order valence-corrected chi connectivity index (χ4v) is 3.36. The van der Waals surface area contributed by atoms with Crippen LogP contribution in [-0.4, -0.2) is 42.7 Å². The van der Waals surface area contributed by atoms with Gasteiger partial charge < -0.3 is 9.80 Å². The summed E-state index contributed by atoms with van der Waals surface area (Å²) in [4.78, 5) is 20.1. The maximum absolute atomic E-state index is 12.1. The van der Waals surface area contributed by atoms with Crippen molar-refractivity contribution in [2.45, 2.75) is 10.9 Å². The molecule has 4 nitrogen and oxygen atoms in total. The molecule has 6 heteroatoms. The molecule has 1 aromatic heterocycles. The number of amides is 1. The Balaban J connectivity index is 1.85. The van der Waals surface area contributed by atoms with Gasteiger partial charge in [-0.25, -0.2) is 4.98 Å². The summed E-state index contributed by atoms with van der Waals surface area (Å²) in [6.45, 7) is 0.630. The normalized spacial score (nSPS) is 10.4. The highest BCUT2D eigenvalue weighted by Crippen LogP contribution is 2.20. The zero-order valence-corrected chi connectivity index (χ0v) is 14.1.